The molecule has 0 aliphatic rings. The molecule has 226 valence electrons. The monoisotopic (exact) mass is 622 g/mol. The van der Waals surface area contributed by atoms with Crippen molar-refractivity contribution in [2.24, 2.45) is 11.5 Å². The first-order valence-electron chi connectivity index (χ1n) is 14.3. The fraction of sp³-hybridized carbons (Fsp3) is 0.323. The van der Waals surface area contributed by atoms with E-state index in [1.54, 1.807) is 41.9 Å². The van der Waals surface area contributed by atoms with Crippen molar-refractivity contribution in [1.29, 1.82) is 0 Å². The Morgan fingerprint density at radius 1 is 1.16 bits per heavy atom. The highest BCUT2D eigenvalue weighted by molar-refractivity contribution is 7.13. The van der Waals surface area contributed by atoms with Crippen LogP contribution in [0.25, 0.3) is 28.0 Å². The van der Waals surface area contributed by atoms with Crippen LogP contribution in [-0.4, -0.2) is 44.7 Å². The van der Waals surface area contributed by atoms with Crippen molar-refractivity contribution in [3.63, 3.8) is 0 Å². The van der Waals surface area contributed by atoms with E-state index in [9.17, 15) is 4.79 Å². The van der Waals surface area contributed by atoms with Gasteiger partial charge in [0.05, 0.1) is 16.4 Å². The molecule has 0 amide bonds. The first kappa shape index (κ1) is 30.8. The second-order valence-electron chi connectivity index (χ2n) is 10.7. The Kier molecular flexibility index (Phi) is 10.2. The zero-order chi connectivity index (χ0) is 30.3. The number of hydrogen-bond acceptors (Lipinski definition) is 8. The SMILES string of the molecule is C[C@H](N)CCCc1cc(Cl)c(F)c(-c2cc3cn(-c4ccc(CN[C@H](CCN)CNc5nccs5)cc4)c(=O)nc3[nH]2)c1. The van der Waals surface area contributed by atoms with E-state index in [0.29, 0.717) is 41.1 Å². The quantitative estimate of drug-likeness (QED) is 0.114. The third-order valence-corrected chi connectivity index (χ3v) is 8.27. The zero-order valence-electron chi connectivity index (χ0n) is 23.9. The minimum Gasteiger partial charge on any atom is -0.360 e. The molecule has 7 N–H and O–H groups in total. The molecular formula is C31H36ClFN8OS. The lowest BCUT2D eigenvalue weighted by Gasteiger charge is -2.18. The minimum absolute atomic E-state index is 0.0548. The molecule has 3 heterocycles. The highest BCUT2D eigenvalue weighted by atomic mass is 35.5. The molecule has 0 radical (unpaired) electrons. The summed E-state index contributed by atoms with van der Waals surface area (Å²) in [6.45, 7) is 3.91. The van der Waals surface area contributed by atoms with Crippen LogP contribution in [0.4, 0.5) is 9.52 Å². The van der Waals surface area contributed by atoms with E-state index in [-0.39, 0.29) is 17.1 Å². The summed E-state index contributed by atoms with van der Waals surface area (Å²) >= 11 is 7.81. The number of nitrogens with two attached hydrogens (primary N) is 2. The summed E-state index contributed by atoms with van der Waals surface area (Å²) in [7, 11) is 0. The summed E-state index contributed by atoms with van der Waals surface area (Å²) in [6.07, 6.45) is 6.79. The number of nitrogens with zero attached hydrogens (tertiary/aromatic N) is 3. The number of halogens is 2. The van der Waals surface area contributed by atoms with Gasteiger partial charge >= 0.3 is 5.69 Å². The number of aromatic nitrogens is 4. The highest BCUT2D eigenvalue weighted by Crippen LogP contribution is 2.31. The Morgan fingerprint density at radius 3 is 2.70 bits per heavy atom. The van der Waals surface area contributed by atoms with Crippen LogP contribution in [-0.2, 0) is 13.0 Å². The molecule has 0 spiro atoms. The smallest absolute Gasteiger partial charge is 0.354 e. The lowest BCUT2D eigenvalue weighted by molar-refractivity contribution is 0.502. The topological polar surface area (TPSA) is 140 Å². The van der Waals surface area contributed by atoms with Crippen molar-refractivity contribution >= 4 is 39.1 Å². The summed E-state index contributed by atoms with van der Waals surface area (Å²) in [6, 6.07) is 13.2. The number of nitrogens with one attached hydrogen (secondary N) is 3. The molecule has 0 fully saturated rings. The minimum atomic E-state index is -0.517. The number of aryl methyl sites for hydroxylation is 1. The summed E-state index contributed by atoms with van der Waals surface area (Å²) in [5, 5.41) is 10.4. The van der Waals surface area contributed by atoms with Gasteiger partial charge in [0.2, 0.25) is 0 Å². The van der Waals surface area contributed by atoms with Crippen molar-refractivity contribution in [2.75, 3.05) is 18.4 Å². The maximum atomic E-state index is 15.1. The maximum Gasteiger partial charge on any atom is 0.354 e. The molecule has 0 aliphatic carbocycles. The van der Waals surface area contributed by atoms with Crippen LogP contribution < -0.4 is 27.8 Å². The van der Waals surface area contributed by atoms with Crippen LogP contribution in [0.2, 0.25) is 5.02 Å². The van der Waals surface area contributed by atoms with Crippen LogP contribution in [0.5, 0.6) is 0 Å². The molecule has 0 saturated carbocycles. The van der Waals surface area contributed by atoms with Gasteiger partial charge in [0.25, 0.3) is 0 Å². The van der Waals surface area contributed by atoms with E-state index in [1.165, 1.54) is 4.57 Å². The van der Waals surface area contributed by atoms with Gasteiger partial charge in [0.15, 0.2) is 10.9 Å². The Balaban J connectivity index is 1.31. The van der Waals surface area contributed by atoms with Gasteiger partial charge in [-0.3, -0.25) is 4.57 Å². The third-order valence-electron chi connectivity index (χ3n) is 7.27. The lowest BCUT2D eigenvalue weighted by atomic mass is 10.0. The fourth-order valence-electron chi connectivity index (χ4n) is 4.97. The third kappa shape index (κ3) is 7.87. The fourth-order valence-corrected chi connectivity index (χ4v) is 5.75. The summed E-state index contributed by atoms with van der Waals surface area (Å²) in [4.78, 5) is 24.6. The van der Waals surface area contributed by atoms with E-state index in [1.807, 2.05) is 36.6 Å². The van der Waals surface area contributed by atoms with E-state index in [0.717, 1.165) is 48.5 Å². The Labute approximate surface area is 258 Å². The van der Waals surface area contributed by atoms with Crippen molar-refractivity contribution < 1.29 is 4.39 Å². The summed E-state index contributed by atoms with van der Waals surface area (Å²) < 4.78 is 16.6. The van der Waals surface area contributed by atoms with Crippen molar-refractivity contribution in [1.82, 2.24) is 24.8 Å². The van der Waals surface area contributed by atoms with Gasteiger partial charge in [-0.05, 0) is 80.6 Å². The molecule has 0 bridgehead atoms. The van der Waals surface area contributed by atoms with Gasteiger partial charge in [-0.1, -0.05) is 23.7 Å². The number of aromatic amines is 1. The molecule has 9 nitrogen and oxygen atoms in total. The molecular weight excluding hydrogens is 587 g/mol. The molecule has 0 unspecified atom stereocenters. The van der Waals surface area contributed by atoms with Gasteiger partial charge in [-0.25, -0.2) is 14.2 Å². The van der Waals surface area contributed by atoms with Gasteiger partial charge < -0.3 is 27.1 Å². The van der Waals surface area contributed by atoms with Crippen LogP contribution in [0, 0.1) is 5.82 Å². The van der Waals surface area contributed by atoms with Gasteiger partial charge in [-0.15, -0.1) is 11.3 Å². The largest absolute Gasteiger partial charge is 0.360 e. The average molecular weight is 623 g/mol. The van der Waals surface area contributed by atoms with E-state index in [2.05, 4.69) is 25.6 Å². The molecule has 12 heteroatoms. The molecule has 2 atom stereocenters. The van der Waals surface area contributed by atoms with E-state index in [4.69, 9.17) is 23.1 Å². The molecule has 2 aromatic carbocycles. The van der Waals surface area contributed by atoms with Crippen LogP contribution in [0.1, 0.15) is 37.3 Å². The standard InChI is InChI=1S/C31H36ClFN8OS/c1-19(35)3-2-4-21-13-25(28(33)26(32)14-21)27-15-22-18-41(31(42)40-29(22)39-27)24-7-5-20(6-8-24)16-37-23(9-10-34)17-38-30-36-11-12-43-30/h5-8,11-15,18-19,23,37H,2-4,9-10,16-17,34-35H2,1H3,(H,36,38)(H,39,40,42)/t19-,23+/m0/s1. The van der Waals surface area contributed by atoms with Gasteiger partial charge in [-0.2, -0.15) is 4.98 Å². The number of hydrogen-bond donors (Lipinski definition) is 5. The first-order valence-corrected chi connectivity index (χ1v) is 15.6. The molecule has 43 heavy (non-hydrogen) atoms. The first-order chi connectivity index (χ1) is 20.8. The predicted octanol–water partition coefficient (Wildman–Crippen LogP) is 5.22. The molecule has 5 rings (SSSR count). The number of H-pyrrole nitrogens is 1. The average Bonchev–Trinajstić information content (AvgIpc) is 3.66. The Morgan fingerprint density at radius 2 is 1.98 bits per heavy atom. The Hall–Kier alpha value is -3.61. The second-order valence-corrected chi connectivity index (χ2v) is 12.0. The van der Waals surface area contributed by atoms with Crippen LogP contribution in [0.15, 0.2) is 65.0 Å². The summed E-state index contributed by atoms with van der Waals surface area (Å²) in [5.74, 6) is -0.517. The normalized spacial score (nSPS) is 13.0. The van der Waals surface area contributed by atoms with E-state index >= 15 is 4.39 Å². The highest BCUT2D eigenvalue weighted by Gasteiger charge is 2.16. The van der Waals surface area contributed by atoms with Crippen molar-refractivity contribution in [2.45, 2.75) is 51.2 Å². The van der Waals surface area contributed by atoms with Gasteiger partial charge in [0.1, 0.15) is 5.65 Å². The molecule has 5 aromatic rings. The Bertz CT molecular complexity index is 1700. The number of thiazole rings is 1. The van der Waals surface area contributed by atoms with E-state index < -0.39 is 11.5 Å². The van der Waals surface area contributed by atoms with Crippen molar-refractivity contribution in [3.8, 4) is 16.9 Å². The van der Waals surface area contributed by atoms with Gasteiger partial charge in [0, 0.05) is 53.9 Å². The number of benzene rings is 2. The van der Waals surface area contributed by atoms with Crippen LogP contribution in [0.3, 0.4) is 0 Å². The predicted molar refractivity (Wildman–Crippen MR) is 174 cm³/mol. The molecule has 0 aliphatic heterocycles. The van der Waals surface area contributed by atoms with Crippen molar-refractivity contribution in [3.05, 3.63) is 92.7 Å². The van der Waals surface area contributed by atoms with Crippen LogP contribution >= 0.6 is 22.9 Å². The molecule has 0 saturated heterocycles. The number of anilines is 1. The number of fused-ring (bicyclic) bond motifs is 1. The maximum absolute atomic E-state index is 15.1. The molecule has 3 aromatic heterocycles. The summed E-state index contributed by atoms with van der Waals surface area (Å²) in [5.41, 5.74) is 15.1. The second kappa shape index (κ2) is 14.2. The number of rotatable bonds is 14. The zero-order valence-corrected chi connectivity index (χ0v) is 25.5. The lowest BCUT2D eigenvalue weighted by Crippen LogP contribution is -2.36.